The molecule has 3 rings (SSSR count). The molecule has 0 fully saturated rings. The van der Waals surface area contributed by atoms with Gasteiger partial charge in [0.1, 0.15) is 0 Å². The van der Waals surface area contributed by atoms with E-state index in [9.17, 15) is 9.59 Å². The highest BCUT2D eigenvalue weighted by molar-refractivity contribution is 5.94. The van der Waals surface area contributed by atoms with Crippen molar-refractivity contribution in [2.45, 2.75) is 26.8 Å². The van der Waals surface area contributed by atoms with Gasteiger partial charge in [0.05, 0.1) is 12.2 Å². The zero-order chi connectivity index (χ0) is 17.8. The van der Waals surface area contributed by atoms with Gasteiger partial charge in [-0.1, -0.05) is 17.3 Å². The summed E-state index contributed by atoms with van der Waals surface area (Å²) in [5.74, 6) is -0.367. The van der Waals surface area contributed by atoms with Crippen molar-refractivity contribution < 1.29 is 9.32 Å². The first kappa shape index (κ1) is 16.7. The number of H-pyrrole nitrogens is 1. The number of aromatic nitrogens is 4. The Morgan fingerprint density at radius 2 is 2.04 bits per heavy atom. The van der Waals surface area contributed by atoms with Gasteiger partial charge in [0.25, 0.3) is 5.91 Å². The van der Waals surface area contributed by atoms with Gasteiger partial charge in [-0.25, -0.2) is 4.79 Å². The number of amides is 1. The fraction of sp³-hybridized carbons (Fsp3) is 0.294. The topological polar surface area (TPSA) is 106 Å². The Hall–Kier alpha value is -3.16. The van der Waals surface area contributed by atoms with E-state index in [1.807, 2.05) is 36.7 Å². The fourth-order valence-electron chi connectivity index (χ4n) is 2.53. The first-order chi connectivity index (χ1) is 12.0. The molecule has 8 heteroatoms. The molecule has 0 bridgehead atoms. The maximum Gasteiger partial charge on any atom is 0.438 e. The van der Waals surface area contributed by atoms with E-state index >= 15 is 0 Å². The summed E-state index contributed by atoms with van der Waals surface area (Å²) in [7, 11) is 0. The Bertz CT molecular complexity index is 920. The molecule has 0 aliphatic rings. The number of hydrogen-bond donors (Lipinski definition) is 2. The van der Waals surface area contributed by atoms with Crippen LogP contribution in [0.4, 0.5) is 0 Å². The molecule has 0 atom stereocenters. The maximum absolute atomic E-state index is 12.1. The predicted molar refractivity (Wildman–Crippen MR) is 90.4 cm³/mol. The summed E-state index contributed by atoms with van der Waals surface area (Å²) in [4.78, 5) is 25.4. The average Bonchev–Trinajstić information content (AvgIpc) is 3.13. The summed E-state index contributed by atoms with van der Waals surface area (Å²) in [6.45, 7) is 5.01. The lowest BCUT2D eigenvalue weighted by Gasteiger charge is -2.07. The van der Waals surface area contributed by atoms with Crippen LogP contribution in [0.3, 0.4) is 0 Å². The summed E-state index contributed by atoms with van der Waals surface area (Å²) in [6, 6.07) is 9.44. The van der Waals surface area contributed by atoms with E-state index in [1.54, 1.807) is 12.1 Å². The van der Waals surface area contributed by atoms with E-state index in [4.69, 9.17) is 0 Å². The van der Waals surface area contributed by atoms with Crippen LogP contribution in [0.2, 0.25) is 0 Å². The van der Waals surface area contributed by atoms with Crippen LogP contribution < -0.4 is 11.1 Å². The van der Waals surface area contributed by atoms with Crippen molar-refractivity contribution in [3.05, 3.63) is 69.2 Å². The largest absolute Gasteiger partial charge is 0.438 e. The van der Waals surface area contributed by atoms with Crippen LogP contribution in [0.15, 0.2) is 39.6 Å². The lowest BCUT2D eigenvalue weighted by Crippen LogP contribution is -2.26. The number of benzene rings is 1. The Morgan fingerprint density at radius 3 is 2.64 bits per heavy atom. The Labute approximate surface area is 143 Å². The van der Waals surface area contributed by atoms with Crippen molar-refractivity contribution in [3.63, 3.8) is 0 Å². The van der Waals surface area contributed by atoms with Crippen molar-refractivity contribution in [2.75, 3.05) is 6.54 Å². The molecule has 0 aliphatic carbocycles. The van der Waals surface area contributed by atoms with Crippen LogP contribution >= 0.6 is 0 Å². The number of aryl methyl sites for hydroxylation is 2. The van der Waals surface area contributed by atoms with Gasteiger partial charge in [-0.05, 0) is 37.6 Å². The minimum Gasteiger partial charge on any atom is -0.352 e. The third-order valence-corrected chi connectivity index (χ3v) is 3.78. The molecular formula is C17H19N5O3. The van der Waals surface area contributed by atoms with Gasteiger partial charge >= 0.3 is 5.76 Å². The van der Waals surface area contributed by atoms with Gasteiger partial charge in [-0.2, -0.15) is 5.10 Å². The lowest BCUT2D eigenvalue weighted by molar-refractivity contribution is 0.0954. The summed E-state index contributed by atoms with van der Waals surface area (Å²) in [6.07, 6.45) is 0.396. The normalized spacial score (nSPS) is 10.8. The van der Waals surface area contributed by atoms with E-state index in [0.717, 1.165) is 17.0 Å². The second-order valence-electron chi connectivity index (χ2n) is 5.83. The number of rotatable bonds is 6. The van der Waals surface area contributed by atoms with Crippen LogP contribution in [0, 0.1) is 13.8 Å². The van der Waals surface area contributed by atoms with E-state index < -0.39 is 5.76 Å². The molecule has 1 aromatic carbocycles. The minimum absolute atomic E-state index is 0.177. The second-order valence-corrected chi connectivity index (χ2v) is 5.83. The third kappa shape index (κ3) is 4.23. The van der Waals surface area contributed by atoms with Gasteiger partial charge in [0, 0.05) is 24.2 Å². The summed E-state index contributed by atoms with van der Waals surface area (Å²) in [5, 5.41) is 10.8. The van der Waals surface area contributed by atoms with Crippen molar-refractivity contribution in [1.82, 2.24) is 25.2 Å². The van der Waals surface area contributed by atoms with Crippen molar-refractivity contribution in [1.29, 1.82) is 0 Å². The van der Waals surface area contributed by atoms with E-state index in [-0.39, 0.29) is 5.91 Å². The molecule has 3 aromatic rings. The molecule has 0 saturated heterocycles. The Balaban J connectivity index is 1.55. The smallest absolute Gasteiger partial charge is 0.352 e. The quantitative estimate of drug-likeness (QED) is 0.701. The fourth-order valence-corrected chi connectivity index (χ4v) is 2.53. The monoisotopic (exact) mass is 341 g/mol. The molecule has 0 aliphatic heterocycles. The van der Waals surface area contributed by atoms with Crippen molar-refractivity contribution >= 4 is 5.91 Å². The SMILES string of the molecule is Cc1cc(C)n(Cc2ccc(C(=O)NCCc3noc(=O)[nH]3)cc2)n1. The Morgan fingerprint density at radius 1 is 1.28 bits per heavy atom. The highest BCUT2D eigenvalue weighted by Crippen LogP contribution is 2.09. The maximum atomic E-state index is 12.1. The van der Waals surface area contributed by atoms with Gasteiger partial charge in [0.15, 0.2) is 5.82 Å². The third-order valence-electron chi connectivity index (χ3n) is 3.78. The summed E-state index contributed by atoms with van der Waals surface area (Å²) < 4.78 is 6.33. The van der Waals surface area contributed by atoms with Gasteiger partial charge < -0.3 is 5.32 Å². The Kier molecular flexibility index (Phi) is 4.78. The van der Waals surface area contributed by atoms with Crippen LogP contribution in [0.25, 0.3) is 0 Å². The van der Waals surface area contributed by atoms with Crippen LogP contribution in [0.1, 0.15) is 33.1 Å². The number of carbonyl (C=O) groups is 1. The number of carbonyl (C=O) groups excluding carboxylic acids is 1. The average molecular weight is 341 g/mol. The zero-order valence-corrected chi connectivity index (χ0v) is 14.1. The van der Waals surface area contributed by atoms with Crippen LogP contribution in [0.5, 0.6) is 0 Å². The predicted octanol–water partition coefficient (Wildman–Crippen LogP) is 1.20. The molecule has 2 heterocycles. The molecule has 0 unspecified atom stereocenters. The molecular weight excluding hydrogens is 322 g/mol. The number of nitrogens with one attached hydrogen (secondary N) is 2. The number of hydrogen-bond acceptors (Lipinski definition) is 5. The first-order valence-electron chi connectivity index (χ1n) is 7.94. The van der Waals surface area contributed by atoms with Crippen molar-refractivity contribution in [3.8, 4) is 0 Å². The van der Waals surface area contributed by atoms with E-state index in [2.05, 4.69) is 25.1 Å². The van der Waals surface area contributed by atoms with E-state index in [0.29, 0.717) is 30.9 Å². The molecule has 0 radical (unpaired) electrons. The molecule has 130 valence electrons. The van der Waals surface area contributed by atoms with Crippen LogP contribution in [-0.4, -0.2) is 32.4 Å². The summed E-state index contributed by atoms with van der Waals surface area (Å²) in [5.41, 5.74) is 3.74. The molecule has 1 amide bonds. The second kappa shape index (κ2) is 7.16. The minimum atomic E-state index is -0.598. The molecule has 2 aromatic heterocycles. The number of nitrogens with zero attached hydrogens (tertiary/aromatic N) is 3. The first-order valence-corrected chi connectivity index (χ1v) is 7.94. The van der Waals surface area contributed by atoms with Gasteiger partial charge in [0.2, 0.25) is 0 Å². The lowest BCUT2D eigenvalue weighted by atomic mass is 10.1. The highest BCUT2D eigenvalue weighted by atomic mass is 16.5. The standard InChI is InChI=1S/C17H19N5O3/c1-11-9-12(2)22(20-11)10-13-3-5-14(6-4-13)16(23)18-8-7-15-19-17(24)25-21-15/h3-6,9H,7-8,10H2,1-2H3,(H,18,23)(H,19,21,24). The summed E-state index contributed by atoms with van der Waals surface area (Å²) >= 11 is 0. The van der Waals surface area contributed by atoms with E-state index in [1.165, 1.54) is 0 Å². The van der Waals surface area contributed by atoms with Crippen LogP contribution in [-0.2, 0) is 13.0 Å². The zero-order valence-electron chi connectivity index (χ0n) is 14.1. The molecule has 8 nitrogen and oxygen atoms in total. The van der Waals surface area contributed by atoms with Crippen molar-refractivity contribution in [2.24, 2.45) is 0 Å². The van der Waals surface area contributed by atoms with Gasteiger partial charge in [-0.15, -0.1) is 0 Å². The molecule has 25 heavy (non-hydrogen) atoms. The highest BCUT2D eigenvalue weighted by Gasteiger charge is 2.07. The molecule has 0 saturated carbocycles. The van der Waals surface area contributed by atoms with Gasteiger partial charge in [-0.3, -0.25) is 19.0 Å². The number of aromatic amines is 1. The molecule has 2 N–H and O–H groups in total. The molecule has 0 spiro atoms.